The first-order valence-electron chi connectivity index (χ1n) is 6.18. The molecule has 0 aromatic carbocycles. The summed E-state index contributed by atoms with van der Waals surface area (Å²) in [4.78, 5) is 25.8. The molecular formula is C14H16N4O2. The van der Waals surface area contributed by atoms with Crippen molar-refractivity contribution in [1.29, 1.82) is 0 Å². The largest absolute Gasteiger partial charge is 0.463 e. The Morgan fingerprint density at radius 2 is 2.05 bits per heavy atom. The number of hydrogen-bond donors (Lipinski definition) is 0. The number of aromatic nitrogens is 3. The third-order valence-corrected chi connectivity index (χ3v) is 3.07. The van der Waals surface area contributed by atoms with Crippen molar-refractivity contribution < 1.29 is 9.53 Å². The average molecular weight is 272 g/mol. The molecule has 1 atom stereocenters. The summed E-state index contributed by atoms with van der Waals surface area (Å²) in [5.41, 5.74) is 0.924. The minimum atomic E-state index is -0.550. The van der Waals surface area contributed by atoms with Gasteiger partial charge in [0.2, 0.25) is 5.82 Å². The van der Waals surface area contributed by atoms with Gasteiger partial charge >= 0.3 is 5.97 Å². The number of carbonyl (C=O) groups is 1. The standard InChI is InChI=1S/C14H16N4O2/c1-10(11-6-4-5-8-15-11)18(2)12-7-9-16-13(17-12)14(19)20-3/h4-10H,1-3H3/t10-/m0/s1. The van der Waals surface area contributed by atoms with Crippen LogP contribution in [0, 0.1) is 0 Å². The van der Waals surface area contributed by atoms with Crippen molar-refractivity contribution in [2.75, 3.05) is 19.1 Å². The zero-order chi connectivity index (χ0) is 14.5. The maximum atomic E-state index is 11.5. The summed E-state index contributed by atoms with van der Waals surface area (Å²) in [7, 11) is 3.20. The number of nitrogens with zero attached hydrogens (tertiary/aromatic N) is 4. The Labute approximate surface area is 117 Å². The number of rotatable bonds is 4. The lowest BCUT2D eigenvalue weighted by molar-refractivity contribution is 0.0587. The van der Waals surface area contributed by atoms with Crippen LogP contribution in [0.2, 0.25) is 0 Å². The summed E-state index contributed by atoms with van der Waals surface area (Å²) in [5.74, 6) is 0.134. The van der Waals surface area contributed by atoms with Crippen molar-refractivity contribution in [2.24, 2.45) is 0 Å². The predicted octanol–water partition coefficient (Wildman–Crippen LogP) is 1.86. The molecular weight excluding hydrogens is 256 g/mol. The Bertz CT molecular complexity index is 589. The lowest BCUT2D eigenvalue weighted by Gasteiger charge is -2.25. The van der Waals surface area contributed by atoms with Crippen LogP contribution in [0.3, 0.4) is 0 Å². The number of ether oxygens (including phenoxy) is 1. The van der Waals surface area contributed by atoms with E-state index in [4.69, 9.17) is 0 Å². The van der Waals surface area contributed by atoms with E-state index in [1.165, 1.54) is 13.3 Å². The molecule has 0 amide bonds. The first-order chi connectivity index (χ1) is 9.63. The third-order valence-electron chi connectivity index (χ3n) is 3.07. The fourth-order valence-corrected chi connectivity index (χ4v) is 1.76. The van der Waals surface area contributed by atoms with Gasteiger partial charge in [0.15, 0.2) is 0 Å². The molecule has 0 unspecified atom stereocenters. The maximum Gasteiger partial charge on any atom is 0.376 e. The van der Waals surface area contributed by atoms with Crippen LogP contribution in [0.15, 0.2) is 36.7 Å². The van der Waals surface area contributed by atoms with E-state index >= 15 is 0 Å². The van der Waals surface area contributed by atoms with Crippen LogP contribution in [0.1, 0.15) is 29.3 Å². The van der Waals surface area contributed by atoms with Gasteiger partial charge < -0.3 is 9.64 Å². The zero-order valence-corrected chi connectivity index (χ0v) is 11.6. The van der Waals surface area contributed by atoms with Crippen LogP contribution >= 0.6 is 0 Å². The maximum absolute atomic E-state index is 11.5. The monoisotopic (exact) mass is 272 g/mol. The number of esters is 1. The van der Waals surface area contributed by atoms with Gasteiger partial charge in [0.1, 0.15) is 5.82 Å². The van der Waals surface area contributed by atoms with Crippen LogP contribution in [0.25, 0.3) is 0 Å². The number of anilines is 1. The second kappa shape index (κ2) is 6.10. The summed E-state index contributed by atoms with van der Waals surface area (Å²) < 4.78 is 4.62. The molecule has 104 valence electrons. The molecule has 20 heavy (non-hydrogen) atoms. The second-order valence-electron chi connectivity index (χ2n) is 4.27. The normalized spacial score (nSPS) is 11.8. The van der Waals surface area contributed by atoms with Crippen molar-refractivity contribution in [3.63, 3.8) is 0 Å². The smallest absolute Gasteiger partial charge is 0.376 e. The van der Waals surface area contributed by atoms with Gasteiger partial charge in [-0.15, -0.1) is 0 Å². The zero-order valence-electron chi connectivity index (χ0n) is 11.6. The molecule has 0 fully saturated rings. The quantitative estimate of drug-likeness (QED) is 0.791. The highest BCUT2D eigenvalue weighted by Crippen LogP contribution is 2.21. The van der Waals surface area contributed by atoms with Crippen LogP contribution in [0.5, 0.6) is 0 Å². The van der Waals surface area contributed by atoms with E-state index in [0.717, 1.165) is 5.69 Å². The molecule has 2 aromatic rings. The second-order valence-corrected chi connectivity index (χ2v) is 4.27. The topological polar surface area (TPSA) is 68.2 Å². The Morgan fingerprint density at radius 3 is 2.70 bits per heavy atom. The van der Waals surface area contributed by atoms with E-state index in [1.807, 2.05) is 37.1 Å². The molecule has 2 heterocycles. The fraction of sp³-hybridized carbons (Fsp3) is 0.286. The molecule has 0 saturated carbocycles. The van der Waals surface area contributed by atoms with Gasteiger partial charge in [-0.05, 0) is 25.1 Å². The molecule has 2 rings (SSSR count). The first kappa shape index (κ1) is 13.9. The van der Waals surface area contributed by atoms with Crippen LogP contribution in [-0.4, -0.2) is 35.1 Å². The van der Waals surface area contributed by atoms with Crippen LogP contribution in [-0.2, 0) is 4.74 Å². The average Bonchev–Trinajstić information content (AvgIpc) is 2.53. The Morgan fingerprint density at radius 1 is 1.25 bits per heavy atom. The van der Waals surface area contributed by atoms with Crippen LogP contribution in [0.4, 0.5) is 5.82 Å². The van der Waals surface area contributed by atoms with Gasteiger partial charge in [-0.25, -0.2) is 14.8 Å². The van der Waals surface area contributed by atoms with Gasteiger partial charge in [-0.2, -0.15) is 0 Å². The predicted molar refractivity (Wildman–Crippen MR) is 74.4 cm³/mol. The number of hydrogen-bond acceptors (Lipinski definition) is 6. The van der Waals surface area contributed by atoms with Crippen LogP contribution < -0.4 is 4.90 Å². The molecule has 0 aliphatic rings. The van der Waals surface area contributed by atoms with Crippen molar-refractivity contribution in [2.45, 2.75) is 13.0 Å². The summed E-state index contributed by atoms with van der Waals surface area (Å²) in [6.07, 6.45) is 3.29. The van der Waals surface area contributed by atoms with E-state index in [1.54, 1.807) is 12.3 Å². The number of carbonyl (C=O) groups excluding carboxylic acids is 1. The Hall–Kier alpha value is -2.50. The van der Waals surface area contributed by atoms with Gasteiger partial charge in [0.25, 0.3) is 0 Å². The molecule has 0 aliphatic carbocycles. The molecule has 0 aliphatic heterocycles. The highest BCUT2D eigenvalue weighted by Gasteiger charge is 2.17. The lowest BCUT2D eigenvalue weighted by Crippen LogP contribution is -2.24. The Kier molecular flexibility index (Phi) is 4.24. The van der Waals surface area contributed by atoms with E-state index in [2.05, 4.69) is 19.7 Å². The van der Waals surface area contributed by atoms with Gasteiger partial charge in [-0.1, -0.05) is 6.07 Å². The molecule has 0 N–H and O–H groups in total. The van der Waals surface area contributed by atoms with Gasteiger partial charge in [0.05, 0.1) is 18.8 Å². The van der Waals surface area contributed by atoms with Crippen molar-refractivity contribution >= 4 is 11.8 Å². The SMILES string of the molecule is COC(=O)c1nccc(N(C)[C@@H](C)c2ccccn2)n1. The van der Waals surface area contributed by atoms with Crippen molar-refractivity contribution in [3.8, 4) is 0 Å². The molecule has 0 saturated heterocycles. The number of methoxy groups -OCH3 is 1. The molecule has 2 aromatic heterocycles. The molecule has 6 nitrogen and oxygen atoms in total. The molecule has 6 heteroatoms. The van der Waals surface area contributed by atoms with Crippen molar-refractivity contribution in [1.82, 2.24) is 15.0 Å². The number of pyridine rings is 1. The van der Waals surface area contributed by atoms with Gasteiger partial charge in [0, 0.05) is 19.4 Å². The van der Waals surface area contributed by atoms with E-state index in [0.29, 0.717) is 5.82 Å². The van der Waals surface area contributed by atoms with E-state index in [-0.39, 0.29) is 11.9 Å². The highest BCUT2D eigenvalue weighted by molar-refractivity contribution is 5.85. The highest BCUT2D eigenvalue weighted by atomic mass is 16.5. The summed E-state index contributed by atoms with van der Waals surface area (Å²) >= 11 is 0. The minimum absolute atomic E-state index is 0.0246. The van der Waals surface area contributed by atoms with Crippen molar-refractivity contribution in [3.05, 3.63) is 48.2 Å². The van der Waals surface area contributed by atoms with Gasteiger partial charge in [-0.3, -0.25) is 4.98 Å². The Balaban J connectivity index is 2.25. The third kappa shape index (κ3) is 2.90. The fourth-order valence-electron chi connectivity index (χ4n) is 1.76. The van der Waals surface area contributed by atoms with E-state index < -0.39 is 5.97 Å². The summed E-state index contributed by atoms with van der Waals surface area (Å²) in [6, 6.07) is 7.52. The molecule has 0 bridgehead atoms. The molecule has 0 spiro atoms. The lowest BCUT2D eigenvalue weighted by atomic mass is 10.2. The summed E-state index contributed by atoms with van der Waals surface area (Å²) in [5, 5.41) is 0. The van der Waals surface area contributed by atoms with E-state index in [9.17, 15) is 4.79 Å². The summed E-state index contributed by atoms with van der Waals surface area (Å²) in [6.45, 7) is 2.02. The molecule has 0 radical (unpaired) electrons. The first-order valence-corrected chi connectivity index (χ1v) is 6.18. The minimum Gasteiger partial charge on any atom is -0.463 e.